The summed E-state index contributed by atoms with van der Waals surface area (Å²) in [5.74, 6) is 3.02. The van der Waals surface area contributed by atoms with Crippen LogP contribution in [-0.4, -0.2) is 26.5 Å². The van der Waals surface area contributed by atoms with Crippen molar-refractivity contribution in [3.05, 3.63) is 30.0 Å². The van der Waals surface area contributed by atoms with E-state index in [1.54, 1.807) is 6.33 Å². The molecule has 1 unspecified atom stereocenters. The molecule has 0 spiro atoms. The molecule has 0 aliphatic heterocycles. The number of aromatic nitrogens is 4. The molecule has 3 aromatic heterocycles. The van der Waals surface area contributed by atoms with Gasteiger partial charge in [-0.25, -0.2) is 4.98 Å². The lowest BCUT2D eigenvalue weighted by atomic mass is 10.2. The van der Waals surface area contributed by atoms with Crippen LogP contribution >= 0.6 is 0 Å². The fourth-order valence-corrected chi connectivity index (χ4v) is 2.14. The third-order valence-corrected chi connectivity index (χ3v) is 3.16. The number of hydrogen-bond donors (Lipinski definition) is 3. The zero-order valence-electron chi connectivity index (χ0n) is 12.3. The summed E-state index contributed by atoms with van der Waals surface area (Å²) in [5.41, 5.74) is 1.41. The Hall–Kier alpha value is -2.57. The van der Waals surface area contributed by atoms with Crippen LogP contribution in [0.5, 0.6) is 0 Å². The van der Waals surface area contributed by atoms with Crippen molar-refractivity contribution in [3.63, 3.8) is 0 Å². The maximum absolute atomic E-state index is 5.64. The van der Waals surface area contributed by atoms with Crippen LogP contribution in [0.15, 0.2) is 22.9 Å². The highest BCUT2D eigenvalue weighted by atomic mass is 16.3. The van der Waals surface area contributed by atoms with Gasteiger partial charge >= 0.3 is 0 Å². The van der Waals surface area contributed by atoms with Crippen LogP contribution in [-0.2, 0) is 0 Å². The van der Waals surface area contributed by atoms with Crippen LogP contribution in [0.2, 0.25) is 0 Å². The van der Waals surface area contributed by atoms with Gasteiger partial charge < -0.3 is 20.0 Å². The van der Waals surface area contributed by atoms with Crippen LogP contribution < -0.4 is 10.6 Å². The maximum Gasteiger partial charge on any atom is 0.226 e. The second-order valence-corrected chi connectivity index (χ2v) is 4.84. The molecule has 0 fully saturated rings. The molecule has 7 nitrogen and oxygen atoms in total. The van der Waals surface area contributed by atoms with Gasteiger partial charge in [-0.1, -0.05) is 0 Å². The molecule has 3 heterocycles. The van der Waals surface area contributed by atoms with Gasteiger partial charge in [0.15, 0.2) is 11.5 Å². The van der Waals surface area contributed by atoms with E-state index >= 15 is 0 Å². The molecule has 0 amide bonds. The largest absolute Gasteiger partial charge is 0.464 e. The van der Waals surface area contributed by atoms with Crippen LogP contribution in [0.3, 0.4) is 0 Å². The van der Waals surface area contributed by atoms with Crippen molar-refractivity contribution in [2.45, 2.75) is 26.8 Å². The molecule has 0 radical (unpaired) electrons. The van der Waals surface area contributed by atoms with E-state index in [9.17, 15) is 0 Å². The Kier molecular flexibility index (Phi) is 3.47. The standard InChI is InChI=1S/C14H18N6O/c1-4-15-14-19-12-11(16-7-17-12)13(20-14)18-9(3)10-6-5-8(2)21-10/h5-7,9H,4H2,1-3H3,(H3,15,16,17,18,19,20). The van der Waals surface area contributed by atoms with E-state index < -0.39 is 0 Å². The second-order valence-electron chi connectivity index (χ2n) is 4.84. The fraction of sp³-hybridized carbons (Fsp3) is 0.357. The fourth-order valence-electron chi connectivity index (χ4n) is 2.14. The molecule has 0 aliphatic rings. The normalized spacial score (nSPS) is 12.5. The van der Waals surface area contributed by atoms with Gasteiger partial charge in [0.05, 0.1) is 12.4 Å². The number of anilines is 2. The first-order chi connectivity index (χ1) is 10.2. The predicted octanol–water partition coefficient (Wildman–Crippen LogP) is 2.86. The molecule has 0 aliphatic carbocycles. The quantitative estimate of drug-likeness (QED) is 0.668. The van der Waals surface area contributed by atoms with Gasteiger partial charge in [-0.2, -0.15) is 9.97 Å². The average Bonchev–Trinajstić information content (AvgIpc) is 3.07. The van der Waals surface area contributed by atoms with Crippen molar-refractivity contribution in [2.24, 2.45) is 0 Å². The highest BCUT2D eigenvalue weighted by molar-refractivity contribution is 5.83. The Morgan fingerprint density at radius 1 is 1.33 bits per heavy atom. The van der Waals surface area contributed by atoms with Gasteiger partial charge in [0, 0.05) is 6.54 Å². The van der Waals surface area contributed by atoms with Crippen molar-refractivity contribution < 1.29 is 4.42 Å². The summed E-state index contributed by atoms with van der Waals surface area (Å²) in [7, 11) is 0. The van der Waals surface area contributed by atoms with Gasteiger partial charge in [0.25, 0.3) is 0 Å². The van der Waals surface area contributed by atoms with E-state index in [1.807, 2.05) is 32.9 Å². The first-order valence-corrected chi connectivity index (χ1v) is 6.95. The molecule has 0 saturated carbocycles. The SMILES string of the molecule is CCNc1nc(NC(C)c2ccc(C)o2)c2[nH]cnc2n1. The Bertz CT molecular complexity index is 747. The topological polar surface area (TPSA) is 91.7 Å². The lowest BCUT2D eigenvalue weighted by Crippen LogP contribution is -2.10. The van der Waals surface area contributed by atoms with E-state index in [-0.39, 0.29) is 6.04 Å². The maximum atomic E-state index is 5.64. The number of aryl methyl sites for hydroxylation is 1. The molecule has 1 atom stereocenters. The summed E-state index contributed by atoms with van der Waals surface area (Å²) in [5, 5.41) is 6.45. The van der Waals surface area contributed by atoms with E-state index in [1.165, 1.54) is 0 Å². The second kappa shape index (κ2) is 5.43. The minimum atomic E-state index is -0.00502. The van der Waals surface area contributed by atoms with Gasteiger partial charge in [0.1, 0.15) is 17.0 Å². The highest BCUT2D eigenvalue weighted by Gasteiger charge is 2.15. The Morgan fingerprint density at radius 3 is 2.90 bits per heavy atom. The van der Waals surface area contributed by atoms with Crippen molar-refractivity contribution in [1.82, 2.24) is 19.9 Å². The summed E-state index contributed by atoms with van der Waals surface area (Å²) >= 11 is 0. The highest BCUT2D eigenvalue weighted by Crippen LogP contribution is 2.24. The molecular formula is C14H18N6O. The van der Waals surface area contributed by atoms with Crippen molar-refractivity contribution in [1.29, 1.82) is 0 Å². The summed E-state index contributed by atoms with van der Waals surface area (Å²) in [6.45, 7) is 6.70. The summed E-state index contributed by atoms with van der Waals surface area (Å²) in [6.07, 6.45) is 1.61. The number of imidazole rings is 1. The van der Waals surface area contributed by atoms with Crippen molar-refractivity contribution >= 4 is 22.9 Å². The Morgan fingerprint density at radius 2 is 2.19 bits per heavy atom. The molecule has 0 bridgehead atoms. The minimum absolute atomic E-state index is 0.00502. The minimum Gasteiger partial charge on any atom is -0.464 e. The molecular weight excluding hydrogens is 268 g/mol. The number of fused-ring (bicyclic) bond motifs is 1. The number of nitrogens with one attached hydrogen (secondary N) is 3. The van der Waals surface area contributed by atoms with Gasteiger partial charge in [-0.05, 0) is 32.9 Å². The van der Waals surface area contributed by atoms with Crippen LogP contribution in [0.1, 0.15) is 31.4 Å². The number of H-pyrrole nitrogens is 1. The first-order valence-electron chi connectivity index (χ1n) is 6.95. The molecule has 0 saturated heterocycles. The Labute approximate surface area is 122 Å². The average molecular weight is 286 g/mol. The van der Waals surface area contributed by atoms with Crippen LogP contribution in [0.25, 0.3) is 11.2 Å². The molecule has 21 heavy (non-hydrogen) atoms. The molecule has 3 rings (SSSR count). The third kappa shape index (κ3) is 2.67. The molecule has 7 heteroatoms. The molecule has 0 aromatic carbocycles. The van der Waals surface area contributed by atoms with Crippen LogP contribution in [0, 0.1) is 6.92 Å². The lowest BCUT2D eigenvalue weighted by Gasteiger charge is -2.13. The van der Waals surface area contributed by atoms with Crippen LogP contribution in [0.4, 0.5) is 11.8 Å². The first kappa shape index (κ1) is 13.4. The number of hydrogen-bond acceptors (Lipinski definition) is 6. The number of nitrogens with zero attached hydrogens (tertiary/aromatic N) is 3. The molecule has 3 N–H and O–H groups in total. The van der Waals surface area contributed by atoms with E-state index in [4.69, 9.17) is 4.42 Å². The molecule has 110 valence electrons. The lowest BCUT2D eigenvalue weighted by molar-refractivity contribution is 0.466. The summed E-state index contributed by atoms with van der Waals surface area (Å²) < 4.78 is 5.64. The van der Waals surface area contributed by atoms with E-state index in [0.29, 0.717) is 17.4 Å². The zero-order valence-corrected chi connectivity index (χ0v) is 12.3. The Balaban J connectivity index is 1.93. The van der Waals surface area contributed by atoms with Gasteiger partial charge in [-0.3, -0.25) is 0 Å². The van der Waals surface area contributed by atoms with E-state index in [0.717, 1.165) is 23.6 Å². The number of rotatable bonds is 5. The predicted molar refractivity (Wildman–Crippen MR) is 81.3 cm³/mol. The number of furan rings is 1. The smallest absolute Gasteiger partial charge is 0.226 e. The van der Waals surface area contributed by atoms with E-state index in [2.05, 4.69) is 30.6 Å². The van der Waals surface area contributed by atoms with Crippen molar-refractivity contribution in [2.75, 3.05) is 17.2 Å². The summed E-state index contributed by atoms with van der Waals surface area (Å²) in [6, 6.07) is 3.90. The third-order valence-electron chi connectivity index (χ3n) is 3.16. The summed E-state index contributed by atoms with van der Waals surface area (Å²) in [4.78, 5) is 16.1. The monoisotopic (exact) mass is 286 g/mol. The van der Waals surface area contributed by atoms with Crippen molar-refractivity contribution in [3.8, 4) is 0 Å². The zero-order chi connectivity index (χ0) is 14.8. The molecule has 3 aromatic rings. The number of aromatic amines is 1. The van der Waals surface area contributed by atoms with Gasteiger partial charge in [-0.15, -0.1) is 0 Å². The van der Waals surface area contributed by atoms with Gasteiger partial charge in [0.2, 0.25) is 5.95 Å².